The van der Waals surface area contributed by atoms with Gasteiger partial charge in [0.1, 0.15) is 5.41 Å². The van der Waals surface area contributed by atoms with Crippen LogP contribution in [0.5, 0.6) is 0 Å². The van der Waals surface area contributed by atoms with Crippen molar-refractivity contribution in [3.05, 3.63) is 18.4 Å². The molecule has 0 saturated carbocycles. The molecule has 9 N–H and O–H groups in total. The zero-order valence-electron chi connectivity index (χ0n) is 18.1. The predicted molar refractivity (Wildman–Crippen MR) is 146 cm³/mol. The first kappa shape index (κ1) is 31.9. The Balaban J connectivity index is 3.87. The standard InChI is InChI=1S/C19H28I3N3O9/c1-8(29)25(4-11(32)7-28)14-13(20)12(17(33)24-3-10(31)6-27)15(21)19(16(14)22,18(23)34)2-9(30)5-26/h9-11,15,26-28,30-32H,2-7H2,1H3,(H2,23,34)(H,24,33). The van der Waals surface area contributed by atoms with Crippen molar-refractivity contribution in [2.24, 2.45) is 11.1 Å². The zero-order valence-corrected chi connectivity index (χ0v) is 24.6. The highest BCUT2D eigenvalue weighted by molar-refractivity contribution is 14.1. The van der Waals surface area contributed by atoms with Gasteiger partial charge in [-0.05, 0) is 51.6 Å². The second-order valence-corrected chi connectivity index (χ2v) is 11.0. The minimum Gasteiger partial charge on any atom is -0.394 e. The van der Waals surface area contributed by atoms with E-state index in [1.165, 1.54) is 6.92 Å². The molecule has 194 valence electrons. The first-order chi connectivity index (χ1) is 15.8. The summed E-state index contributed by atoms with van der Waals surface area (Å²) in [7, 11) is 0. The molecule has 0 bridgehead atoms. The number of aliphatic hydroxyl groups is 6. The van der Waals surface area contributed by atoms with E-state index < -0.39 is 65.2 Å². The summed E-state index contributed by atoms with van der Waals surface area (Å²) in [5, 5.41) is 60.2. The van der Waals surface area contributed by atoms with E-state index in [1.807, 2.05) is 67.8 Å². The smallest absolute Gasteiger partial charge is 0.249 e. The van der Waals surface area contributed by atoms with Crippen LogP contribution < -0.4 is 11.1 Å². The van der Waals surface area contributed by atoms with Crippen molar-refractivity contribution >= 4 is 85.5 Å². The molecule has 0 aromatic heterocycles. The van der Waals surface area contributed by atoms with Crippen LogP contribution in [-0.2, 0) is 14.4 Å². The molecule has 5 unspecified atom stereocenters. The van der Waals surface area contributed by atoms with Gasteiger partial charge in [0.2, 0.25) is 17.7 Å². The Morgan fingerprint density at radius 3 is 2.03 bits per heavy atom. The minimum atomic E-state index is -1.73. The molecule has 0 aromatic carbocycles. The molecule has 0 aliphatic heterocycles. The van der Waals surface area contributed by atoms with E-state index in [9.17, 15) is 39.9 Å². The van der Waals surface area contributed by atoms with Crippen LogP contribution in [-0.4, -0.2) is 108 Å². The third-order valence-corrected chi connectivity index (χ3v) is 9.40. The number of nitrogens with zero attached hydrogens (tertiary/aromatic N) is 1. The molecule has 0 fully saturated rings. The largest absolute Gasteiger partial charge is 0.394 e. The molecule has 0 aromatic rings. The number of nitrogens with two attached hydrogens (primary N) is 1. The summed E-state index contributed by atoms with van der Waals surface area (Å²) >= 11 is 5.46. The lowest BCUT2D eigenvalue weighted by Crippen LogP contribution is -2.53. The van der Waals surface area contributed by atoms with E-state index in [-0.39, 0.29) is 37.9 Å². The summed E-state index contributed by atoms with van der Waals surface area (Å²) in [6, 6.07) is 0. The second-order valence-electron chi connectivity index (χ2n) is 7.64. The number of hydrogen-bond acceptors (Lipinski definition) is 9. The normalized spacial score (nSPS) is 23.4. The van der Waals surface area contributed by atoms with Crippen molar-refractivity contribution in [3.8, 4) is 0 Å². The predicted octanol–water partition coefficient (Wildman–Crippen LogP) is -1.97. The van der Waals surface area contributed by atoms with Crippen LogP contribution in [0.4, 0.5) is 0 Å². The van der Waals surface area contributed by atoms with E-state index in [2.05, 4.69) is 5.32 Å². The molecule has 3 amide bonds. The number of nitrogens with one attached hydrogen (secondary N) is 1. The lowest BCUT2D eigenvalue weighted by Gasteiger charge is -2.44. The number of alkyl halides is 1. The number of amides is 3. The monoisotopic (exact) mass is 823 g/mol. The van der Waals surface area contributed by atoms with Gasteiger partial charge in [-0.15, -0.1) is 0 Å². The molecule has 15 heteroatoms. The summed E-state index contributed by atoms with van der Waals surface area (Å²) in [4.78, 5) is 39.8. The second kappa shape index (κ2) is 14.0. The van der Waals surface area contributed by atoms with Gasteiger partial charge in [0.25, 0.3) is 0 Å². The van der Waals surface area contributed by atoms with E-state index in [0.29, 0.717) is 0 Å². The van der Waals surface area contributed by atoms with E-state index in [1.54, 1.807) is 0 Å². The molecule has 0 heterocycles. The van der Waals surface area contributed by atoms with Crippen LogP contribution >= 0.6 is 67.8 Å². The zero-order chi connectivity index (χ0) is 26.4. The van der Waals surface area contributed by atoms with Gasteiger partial charge < -0.3 is 46.6 Å². The molecule has 0 radical (unpaired) electrons. The number of rotatable bonds is 12. The van der Waals surface area contributed by atoms with Gasteiger partial charge in [-0.1, -0.05) is 22.6 Å². The highest BCUT2D eigenvalue weighted by Crippen LogP contribution is 2.55. The summed E-state index contributed by atoms with van der Waals surface area (Å²) in [5.74, 6) is -2.19. The van der Waals surface area contributed by atoms with Crippen LogP contribution in [0.3, 0.4) is 0 Å². The molecule has 1 rings (SSSR count). The van der Waals surface area contributed by atoms with Gasteiger partial charge in [-0.25, -0.2) is 0 Å². The van der Waals surface area contributed by atoms with E-state index in [4.69, 9.17) is 10.8 Å². The van der Waals surface area contributed by atoms with Crippen molar-refractivity contribution in [2.45, 2.75) is 35.6 Å². The van der Waals surface area contributed by atoms with Gasteiger partial charge >= 0.3 is 0 Å². The maximum absolute atomic E-state index is 13.2. The highest BCUT2D eigenvalue weighted by Gasteiger charge is 2.55. The Labute approximate surface area is 237 Å². The number of primary amides is 1. The first-order valence-corrected chi connectivity index (χ1v) is 13.4. The number of carbonyl (C=O) groups is 3. The molecule has 0 saturated heterocycles. The van der Waals surface area contributed by atoms with Gasteiger partial charge in [-0.2, -0.15) is 0 Å². The van der Waals surface area contributed by atoms with Crippen molar-refractivity contribution in [2.75, 3.05) is 32.9 Å². The topological polar surface area (TPSA) is 214 Å². The van der Waals surface area contributed by atoms with E-state index >= 15 is 0 Å². The maximum Gasteiger partial charge on any atom is 0.249 e. The fraction of sp³-hybridized carbons (Fsp3) is 0.632. The van der Waals surface area contributed by atoms with E-state index in [0.717, 1.165) is 4.90 Å². The Morgan fingerprint density at radius 2 is 1.59 bits per heavy atom. The fourth-order valence-electron chi connectivity index (χ4n) is 3.33. The molecule has 34 heavy (non-hydrogen) atoms. The molecular weight excluding hydrogens is 795 g/mol. The van der Waals surface area contributed by atoms with Crippen LogP contribution in [0.15, 0.2) is 18.4 Å². The molecule has 1 aliphatic rings. The Morgan fingerprint density at radius 1 is 1.06 bits per heavy atom. The minimum absolute atomic E-state index is 0.00966. The average Bonchev–Trinajstić information content (AvgIpc) is 2.78. The summed E-state index contributed by atoms with van der Waals surface area (Å²) in [5.41, 5.74) is 4.18. The summed E-state index contributed by atoms with van der Waals surface area (Å²) < 4.78 is -0.511. The molecular formula is C19H28I3N3O9. The van der Waals surface area contributed by atoms with Crippen LogP contribution in [0.2, 0.25) is 0 Å². The lowest BCUT2D eigenvalue weighted by atomic mass is 9.72. The van der Waals surface area contributed by atoms with Crippen molar-refractivity contribution in [1.29, 1.82) is 0 Å². The molecule has 5 atom stereocenters. The number of aliphatic hydroxyl groups excluding tert-OH is 6. The average molecular weight is 823 g/mol. The van der Waals surface area contributed by atoms with Crippen LogP contribution in [0.25, 0.3) is 0 Å². The van der Waals surface area contributed by atoms with Crippen LogP contribution in [0.1, 0.15) is 13.3 Å². The van der Waals surface area contributed by atoms with Crippen molar-refractivity contribution in [1.82, 2.24) is 10.2 Å². The third-order valence-electron chi connectivity index (χ3n) is 5.15. The molecule has 12 nitrogen and oxygen atoms in total. The quantitative estimate of drug-likeness (QED) is 0.0809. The summed E-state index contributed by atoms with van der Waals surface area (Å²) in [6.45, 7) is -1.40. The Kier molecular flexibility index (Phi) is 13.1. The number of allylic oxidation sites excluding steroid dienone is 1. The molecule has 0 spiro atoms. The maximum atomic E-state index is 13.2. The number of halogens is 3. The fourth-order valence-corrected chi connectivity index (χ4v) is 8.98. The van der Waals surface area contributed by atoms with Gasteiger partial charge in [0.15, 0.2) is 0 Å². The highest BCUT2D eigenvalue weighted by atomic mass is 127. The third kappa shape index (κ3) is 6.99. The SMILES string of the molecule is CC(=O)N(CC(O)CO)C1=C(I)C(CC(O)CO)(C(N)=O)C(I)C(C(=O)NCC(O)CO)=C1I. The summed E-state index contributed by atoms with van der Waals surface area (Å²) in [6.07, 6.45) is -4.33. The van der Waals surface area contributed by atoms with Gasteiger partial charge in [0.05, 0.1) is 54.3 Å². The van der Waals surface area contributed by atoms with Gasteiger partial charge in [-0.3, -0.25) is 14.4 Å². The Hall–Kier alpha value is -0.160. The lowest BCUT2D eigenvalue weighted by molar-refractivity contribution is -0.130. The molecule has 1 aliphatic carbocycles. The van der Waals surface area contributed by atoms with Gasteiger partial charge in [0, 0.05) is 26.2 Å². The first-order valence-electron chi connectivity index (χ1n) is 9.97. The van der Waals surface area contributed by atoms with Crippen LogP contribution in [0, 0.1) is 5.41 Å². The number of carbonyl (C=O) groups excluding carboxylic acids is 3. The van der Waals surface area contributed by atoms with Crippen molar-refractivity contribution in [3.63, 3.8) is 0 Å². The van der Waals surface area contributed by atoms with Crippen molar-refractivity contribution < 1.29 is 45.0 Å². The number of hydrogen-bond donors (Lipinski definition) is 8. The Bertz CT molecular complexity index is 854.